The number of morpholine rings is 1. The Labute approximate surface area is 170 Å². The molecule has 0 aliphatic carbocycles. The van der Waals surface area contributed by atoms with E-state index in [0.717, 1.165) is 32.1 Å². The van der Waals surface area contributed by atoms with E-state index >= 15 is 0 Å². The SMILES string of the molecule is COc1ccc([C@@H](CNC(=O)c2ccc3c(c2)OCCO3)[NH+]2CCOCC2)cc1. The van der Waals surface area contributed by atoms with Gasteiger partial charge in [0.05, 0.1) is 26.9 Å². The van der Waals surface area contributed by atoms with Gasteiger partial charge in [-0.2, -0.15) is 0 Å². The third-order valence-corrected chi connectivity index (χ3v) is 5.42. The van der Waals surface area contributed by atoms with Gasteiger partial charge in [-0.25, -0.2) is 0 Å². The predicted octanol–water partition coefficient (Wildman–Crippen LogP) is 0.853. The van der Waals surface area contributed by atoms with Crippen molar-refractivity contribution < 1.29 is 28.6 Å². The maximum absolute atomic E-state index is 12.8. The van der Waals surface area contributed by atoms with E-state index in [4.69, 9.17) is 18.9 Å². The molecule has 0 spiro atoms. The van der Waals surface area contributed by atoms with Crippen LogP contribution in [0.3, 0.4) is 0 Å². The van der Waals surface area contributed by atoms with Gasteiger partial charge in [0.2, 0.25) is 0 Å². The molecular formula is C22H27N2O5+. The number of carbonyl (C=O) groups is 1. The van der Waals surface area contributed by atoms with E-state index in [1.165, 1.54) is 10.5 Å². The third-order valence-electron chi connectivity index (χ3n) is 5.42. The number of carbonyl (C=O) groups excluding carboxylic acids is 1. The molecule has 1 fully saturated rings. The van der Waals surface area contributed by atoms with E-state index in [9.17, 15) is 4.79 Å². The smallest absolute Gasteiger partial charge is 0.251 e. The number of fused-ring (bicyclic) bond motifs is 1. The Morgan fingerprint density at radius 1 is 1.03 bits per heavy atom. The average molecular weight is 399 g/mol. The molecule has 0 aromatic heterocycles. The van der Waals surface area contributed by atoms with Crippen molar-refractivity contribution in [3.05, 3.63) is 53.6 Å². The van der Waals surface area contributed by atoms with Crippen LogP contribution in [0.25, 0.3) is 0 Å². The van der Waals surface area contributed by atoms with Gasteiger partial charge in [-0.1, -0.05) is 0 Å². The molecule has 29 heavy (non-hydrogen) atoms. The van der Waals surface area contributed by atoms with Crippen molar-refractivity contribution >= 4 is 5.91 Å². The molecule has 1 amide bonds. The Morgan fingerprint density at radius 2 is 1.76 bits per heavy atom. The summed E-state index contributed by atoms with van der Waals surface area (Å²) >= 11 is 0. The quantitative estimate of drug-likeness (QED) is 0.754. The molecule has 2 aromatic rings. The maximum atomic E-state index is 12.8. The molecule has 154 valence electrons. The second-order valence-electron chi connectivity index (χ2n) is 7.16. The normalized spacial score (nSPS) is 17.4. The van der Waals surface area contributed by atoms with E-state index in [1.54, 1.807) is 25.3 Å². The van der Waals surface area contributed by atoms with E-state index < -0.39 is 0 Å². The molecule has 2 aliphatic heterocycles. The van der Waals surface area contributed by atoms with Gasteiger partial charge >= 0.3 is 0 Å². The number of quaternary nitrogens is 1. The van der Waals surface area contributed by atoms with Crippen LogP contribution < -0.4 is 24.4 Å². The lowest BCUT2D eigenvalue weighted by Crippen LogP contribution is -3.15. The summed E-state index contributed by atoms with van der Waals surface area (Å²) in [5.74, 6) is 2.01. The van der Waals surface area contributed by atoms with Crippen molar-refractivity contribution in [3.8, 4) is 17.2 Å². The number of benzene rings is 2. The number of amides is 1. The average Bonchev–Trinajstić information content (AvgIpc) is 2.80. The summed E-state index contributed by atoms with van der Waals surface area (Å²) in [6.45, 7) is 4.86. The summed E-state index contributed by atoms with van der Waals surface area (Å²) in [5.41, 5.74) is 1.74. The highest BCUT2D eigenvalue weighted by molar-refractivity contribution is 5.94. The van der Waals surface area contributed by atoms with E-state index in [-0.39, 0.29) is 11.9 Å². The van der Waals surface area contributed by atoms with Gasteiger partial charge < -0.3 is 29.2 Å². The van der Waals surface area contributed by atoms with Crippen LogP contribution in [0.1, 0.15) is 22.0 Å². The third kappa shape index (κ3) is 4.63. The molecule has 2 aromatic carbocycles. The van der Waals surface area contributed by atoms with Gasteiger partial charge in [-0.3, -0.25) is 4.79 Å². The molecule has 2 aliphatic rings. The zero-order chi connectivity index (χ0) is 20.1. The van der Waals surface area contributed by atoms with Crippen LogP contribution in [-0.2, 0) is 4.74 Å². The largest absolute Gasteiger partial charge is 0.497 e. The number of methoxy groups -OCH3 is 1. The minimum Gasteiger partial charge on any atom is -0.497 e. The van der Waals surface area contributed by atoms with E-state index in [2.05, 4.69) is 17.4 Å². The lowest BCUT2D eigenvalue weighted by molar-refractivity contribution is -0.937. The lowest BCUT2D eigenvalue weighted by Gasteiger charge is -2.32. The topological polar surface area (TPSA) is 70.5 Å². The molecule has 0 bridgehead atoms. The molecule has 4 rings (SSSR count). The highest BCUT2D eigenvalue weighted by Gasteiger charge is 2.27. The predicted molar refractivity (Wildman–Crippen MR) is 107 cm³/mol. The molecule has 0 radical (unpaired) electrons. The summed E-state index contributed by atoms with van der Waals surface area (Å²) in [6.07, 6.45) is 0. The van der Waals surface area contributed by atoms with Gasteiger partial charge in [0.1, 0.15) is 38.1 Å². The fourth-order valence-corrected chi connectivity index (χ4v) is 3.80. The van der Waals surface area contributed by atoms with Gasteiger partial charge in [-0.15, -0.1) is 0 Å². The van der Waals surface area contributed by atoms with Gasteiger partial charge in [-0.05, 0) is 42.5 Å². The Balaban J connectivity index is 1.47. The molecule has 7 heteroatoms. The summed E-state index contributed by atoms with van der Waals surface area (Å²) < 4.78 is 21.9. The van der Waals surface area contributed by atoms with Gasteiger partial charge in [0.15, 0.2) is 11.5 Å². The molecule has 1 atom stereocenters. The molecule has 0 saturated carbocycles. The highest BCUT2D eigenvalue weighted by atomic mass is 16.6. The number of hydrogen-bond donors (Lipinski definition) is 2. The first-order chi connectivity index (χ1) is 14.2. The fourth-order valence-electron chi connectivity index (χ4n) is 3.80. The Kier molecular flexibility index (Phi) is 6.17. The monoisotopic (exact) mass is 399 g/mol. The molecule has 7 nitrogen and oxygen atoms in total. The van der Waals surface area contributed by atoms with Crippen molar-refractivity contribution in [1.82, 2.24) is 5.32 Å². The summed E-state index contributed by atoms with van der Waals surface area (Å²) in [7, 11) is 1.66. The first kappa shape index (κ1) is 19.5. The Hall–Kier alpha value is -2.77. The maximum Gasteiger partial charge on any atom is 0.251 e. The summed E-state index contributed by atoms with van der Waals surface area (Å²) in [5, 5.41) is 3.10. The first-order valence-electron chi connectivity index (χ1n) is 9.99. The van der Waals surface area contributed by atoms with Crippen LogP contribution in [0.2, 0.25) is 0 Å². The number of rotatable bonds is 6. The van der Waals surface area contributed by atoms with Crippen molar-refractivity contribution in [2.24, 2.45) is 0 Å². The number of hydrogen-bond acceptors (Lipinski definition) is 5. The second kappa shape index (κ2) is 9.15. The number of nitrogens with one attached hydrogen (secondary N) is 2. The number of ether oxygens (including phenoxy) is 4. The Morgan fingerprint density at radius 3 is 2.48 bits per heavy atom. The van der Waals surface area contributed by atoms with Crippen molar-refractivity contribution in [2.45, 2.75) is 6.04 Å². The Bertz CT molecular complexity index is 834. The minimum absolute atomic E-state index is 0.117. The van der Waals surface area contributed by atoms with E-state index in [1.807, 2.05) is 12.1 Å². The molecule has 2 heterocycles. The molecular weight excluding hydrogens is 372 g/mol. The van der Waals surface area contributed by atoms with Crippen LogP contribution in [0.5, 0.6) is 17.2 Å². The molecule has 0 unspecified atom stereocenters. The first-order valence-corrected chi connectivity index (χ1v) is 9.99. The standard InChI is InChI=1S/C22H26N2O5/c1-26-18-5-2-16(3-6-18)19(24-8-10-27-11-9-24)15-23-22(25)17-4-7-20-21(14-17)29-13-12-28-20/h2-7,14,19H,8-13,15H2,1H3,(H,23,25)/p+1/t19-/m1/s1. The zero-order valence-electron chi connectivity index (χ0n) is 16.6. The van der Waals surface area contributed by atoms with Gasteiger partial charge in [0, 0.05) is 11.1 Å². The van der Waals surface area contributed by atoms with E-state index in [0.29, 0.717) is 36.8 Å². The summed E-state index contributed by atoms with van der Waals surface area (Å²) in [6, 6.07) is 13.5. The van der Waals surface area contributed by atoms with Crippen LogP contribution in [0, 0.1) is 0 Å². The van der Waals surface area contributed by atoms with Crippen molar-refractivity contribution in [1.29, 1.82) is 0 Å². The van der Waals surface area contributed by atoms with Gasteiger partial charge in [0.25, 0.3) is 5.91 Å². The highest BCUT2D eigenvalue weighted by Crippen LogP contribution is 2.30. The molecule has 2 N–H and O–H groups in total. The van der Waals surface area contributed by atoms with Crippen LogP contribution in [0.15, 0.2) is 42.5 Å². The van der Waals surface area contributed by atoms with Crippen LogP contribution in [-0.4, -0.2) is 59.1 Å². The lowest BCUT2D eigenvalue weighted by atomic mass is 10.0. The zero-order valence-corrected chi connectivity index (χ0v) is 16.6. The minimum atomic E-state index is -0.117. The molecule has 1 saturated heterocycles. The van der Waals surface area contributed by atoms with Crippen LogP contribution in [0.4, 0.5) is 0 Å². The fraction of sp³-hybridized carbons (Fsp3) is 0.409. The van der Waals surface area contributed by atoms with Crippen molar-refractivity contribution in [3.63, 3.8) is 0 Å². The summed E-state index contributed by atoms with van der Waals surface area (Å²) in [4.78, 5) is 14.2. The second-order valence-corrected chi connectivity index (χ2v) is 7.16. The van der Waals surface area contributed by atoms with Crippen LogP contribution >= 0.6 is 0 Å². The van der Waals surface area contributed by atoms with Crippen molar-refractivity contribution in [2.75, 3.05) is 53.2 Å².